The SMILES string of the molecule is CCN(Cc1ccc(OC)cc1)C(=O)c1cccc2cccnc12. The number of ether oxygens (including phenoxy) is 1. The van der Waals surface area contributed by atoms with Crippen LogP contribution in [0.4, 0.5) is 0 Å². The molecule has 0 aliphatic rings. The normalized spacial score (nSPS) is 10.6. The highest BCUT2D eigenvalue weighted by molar-refractivity contribution is 6.05. The molecule has 1 heterocycles. The lowest BCUT2D eigenvalue weighted by Gasteiger charge is -2.21. The van der Waals surface area contributed by atoms with E-state index in [2.05, 4.69) is 4.98 Å². The summed E-state index contributed by atoms with van der Waals surface area (Å²) in [7, 11) is 1.64. The van der Waals surface area contributed by atoms with Crippen LogP contribution >= 0.6 is 0 Å². The van der Waals surface area contributed by atoms with Crippen molar-refractivity contribution in [3.05, 3.63) is 71.9 Å². The molecule has 122 valence electrons. The van der Waals surface area contributed by atoms with Crippen LogP contribution in [0.2, 0.25) is 0 Å². The Balaban J connectivity index is 1.87. The topological polar surface area (TPSA) is 42.4 Å². The van der Waals surface area contributed by atoms with Crippen LogP contribution in [0.25, 0.3) is 10.9 Å². The Kier molecular flexibility index (Phi) is 4.75. The molecule has 0 N–H and O–H groups in total. The molecule has 0 atom stereocenters. The molecule has 24 heavy (non-hydrogen) atoms. The molecule has 0 radical (unpaired) electrons. The third kappa shape index (κ3) is 3.23. The molecule has 4 nitrogen and oxygen atoms in total. The van der Waals surface area contributed by atoms with Gasteiger partial charge in [-0.25, -0.2) is 0 Å². The fourth-order valence-electron chi connectivity index (χ4n) is 2.73. The summed E-state index contributed by atoms with van der Waals surface area (Å²) in [6, 6.07) is 17.3. The van der Waals surface area contributed by atoms with Crippen LogP contribution in [0.3, 0.4) is 0 Å². The molecule has 0 saturated carbocycles. The second kappa shape index (κ2) is 7.13. The average molecular weight is 320 g/mol. The van der Waals surface area contributed by atoms with E-state index in [4.69, 9.17) is 4.74 Å². The number of hydrogen-bond acceptors (Lipinski definition) is 3. The molecule has 0 saturated heterocycles. The molecule has 3 aromatic rings. The second-order valence-corrected chi connectivity index (χ2v) is 5.55. The number of fused-ring (bicyclic) bond motifs is 1. The van der Waals surface area contributed by atoms with E-state index in [1.54, 1.807) is 13.3 Å². The summed E-state index contributed by atoms with van der Waals surface area (Å²) in [6.07, 6.45) is 1.72. The Morgan fingerprint density at radius 1 is 1.08 bits per heavy atom. The number of aromatic nitrogens is 1. The Bertz CT molecular complexity index is 838. The monoisotopic (exact) mass is 320 g/mol. The number of carbonyl (C=O) groups excluding carboxylic acids is 1. The number of hydrogen-bond donors (Lipinski definition) is 0. The van der Waals surface area contributed by atoms with Crippen LogP contribution in [0, 0.1) is 0 Å². The molecule has 0 unspecified atom stereocenters. The van der Waals surface area contributed by atoms with Crippen LogP contribution in [0.1, 0.15) is 22.8 Å². The van der Waals surface area contributed by atoms with E-state index in [0.717, 1.165) is 22.2 Å². The molecule has 0 spiro atoms. The third-order valence-electron chi connectivity index (χ3n) is 4.06. The van der Waals surface area contributed by atoms with E-state index in [9.17, 15) is 4.79 Å². The Morgan fingerprint density at radius 3 is 2.54 bits per heavy atom. The van der Waals surface area contributed by atoms with Gasteiger partial charge in [-0.1, -0.05) is 30.3 Å². The molecule has 1 amide bonds. The number of pyridine rings is 1. The summed E-state index contributed by atoms with van der Waals surface area (Å²) >= 11 is 0. The molecule has 1 aromatic heterocycles. The van der Waals surface area contributed by atoms with E-state index in [-0.39, 0.29) is 5.91 Å². The van der Waals surface area contributed by atoms with Crippen LogP contribution in [-0.2, 0) is 6.54 Å². The number of carbonyl (C=O) groups is 1. The van der Waals surface area contributed by atoms with Crippen molar-refractivity contribution in [2.24, 2.45) is 0 Å². The molecule has 2 aromatic carbocycles. The van der Waals surface area contributed by atoms with Gasteiger partial charge in [0.15, 0.2) is 0 Å². The Labute approximate surface area is 141 Å². The zero-order valence-electron chi connectivity index (χ0n) is 13.9. The van der Waals surface area contributed by atoms with Gasteiger partial charge in [0.05, 0.1) is 18.2 Å². The van der Waals surface area contributed by atoms with Gasteiger partial charge in [0, 0.05) is 24.7 Å². The summed E-state index contributed by atoms with van der Waals surface area (Å²) in [5, 5.41) is 0.976. The van der Waals surface area contributed by atoms with Gasteiger partial charge in [-0.05, 0) is 36.8 Å². The smallest absolute Gasteiger partial charge is 0.256 e. The predicted molar refractivity (Wildman–Crippen MR) is 95.2 cm³/mol. The van der Waals surface area contributed by atoms with Crippen molar-refractivity contribution in [2.75, 3.05) is 13.7 Å². The summed E-state index contributed by atoms with van der Waals surface area (Å²) in [5.41, 5.74) is 2.46. The zero-order chi connectivity index (χ0) is 16.9. The maximum absolute atomic E-state index is 13.0. The highest BCUT2D eigenvalue weighted by atomic mass is 16.5. The lowest BCUT2D eigenvalue weighted by Crippen LogP contribution is -2.30. The van der Waals surface area contributed by atoms with Crippen molar-refractivity contribution in [1.29, 1.82) is 0 Å². The van der Waals surface area contributed by atoms with Gasteiger partial charge in [-0.15, -0.1) is 0 Å². The van der Waals surface area contributed by atoms with Crippen molar-refractivity contribution in [3.8, 4) is 5.75 Å². The van der Waals surface area contributed by atoms with Crippen LogP contribution in [0.5, 0.6) is 5.75 Å². The van der Waals surface area contributed by atoms with Crippen molar-refractivity contribution in [1.82, 2.24) is 9.88 Å². The van der Waals surface area contributed by atoms with E-state index in [1.807, 2.05) is 66.4 Å². The first-order valence-electron chi connectivity index (χ1n) is 7.99. The minimum atomic E-state index is -0.00221. The fourth-order valence-corrected chi connectivity index (χ4v) is 2.73. The molecule has 0 fully saturated rings. The molecule has 0 bridgehead atoms. The lowest BCUT2D eigenvalue weighted by atomic mass is 10.1. The molecule has 4 heteroatoms. The number of benzene rings is 2. The van der Waals surface area contributed by atoms with Gasteiger partial charge < -0.3 is 9.64 Å². The number of amides is 1. The second-order valence-electron chi connectivity index (χ2n) is 5.55. The first-order valence-corrected chi connectivity index (χ1v) is 7.99. The predicted octanol–water partition coefficient (Wildman–Crippen LogP) is 3.91. The third-order valence-corrected chi connectivity index (χ3v) is 4.06. The van der Waals surface area contributed by atoms with Crippen molar-refractivity contribution in [2.45, 2.75) is 13.5 Å². The Hall–Kier alpha value is -2.88. The summed E-state index contributed by atoms with van der Waals surface area (Å²) in [6.45, 7) is 3.18. The van der Waals surface area contributed by atoms with E-state index in [0.29, 0.717) is 18.7 Å². The number of rotatable bonds is 5. The summed E-state index contributed by atoms with van der Waals surface area (Å²) < 4.78 is 5.18. The number of nitrogens with zero attached hydrogens (tertiary/aromatic N) is 2. The standard InChI is InChI=1S/C20H20N2O2/c1-3-22(14-15-9-11-17(24-2)12-10-15)20(23)18-8-4-6-16-7-5-13-21-19(16)18/h4-13H,3,14H2,1-2H3. The van der Waals surface area contributed by atoms with Gasteiger partial charge in [0.1, 0.15) is 5.75 Å². The highest BCUT2D eigenvalue weighted by Crippen LogP contribution is 2.19. The number of methoxy groups -OCH3 is 1. The maximum atomic E-state index is 13.0. The quantitative estimate of drug-likeness (QED) is 0.716. The average Bonchev–Trinajstić information content (AvgIpc) is 2.65. The summed E-state index contributed by atoms with van der Waals surface area (Å²) in [4.78, 5) is 19.2. The first kappa shape index (κ1) is 16.0. The van der Waals surface area contributed by atoms with Gasteiger partial charge in [0.25, 0.3) is 5.91 Å². The molecule has 3 rings (SSSR count). The van der Waals surface area contributed by atoms with Crippen LogP contribution in [-0.4, -0.2) is 29.4 Å². The summed E-state index contributed by atoms with van der Waals surface area (Å²) in [5.74, 6) is 0.809. The van der Waals surface area contributed by atoms with Crippen LogP contribution in [0.15, 0.2) is 60.8 Å². The maximum Gasteiger partial charge on any atom is 0.256 e. The van der Waals surface area contributed by atoms with Gasteiger partial charge in [-0.2, -0.15) is 0 Å². The van der Waals surface area contributed by atoms with Crippen molar-refractivity contribution < 1.29 is 9.53 Å². The molecule has 0 aliphatic heterocycles. The largest absolute Gasteiger partial charge is 0.497 e. The van der Waals surface area contributed by atoms with Crippen LogP contribution < -0.4 is 4.74 Å². The van der Waals surface area contributed by atoms with E-state index >= 15 is 0 Å². The lowest BCUT2D eigenvalue weighted by molar-refractivity contribution is 0.0754. The van der Waals surface area contributed by atoms with Crippen molar-refractivity contribution in [3.63, 3.8) is 0 Å². The van der Waals surface area contributed by atoms with Crippen molar-refractivity contribution >= 4 is 16.8 Å². The first-order chi connectivity index (χ1) is 11.7. The minimum absolute atomic E-state index is 0.00221. The fraction of sp³-hybridized carbons (Fsp3) is 0.200. The molecular weight excluding hydrogens is 300 g/mol. The van der Waals surface area contributed by atoms with E-state index in [1.165, 1.54) is 0 Å². The minimum Gasteiger partial charge on any atom is -0.497 e. The van der Waals surface area contributed by atoms with Gasteiger partial charge in [-0.3, -0.25) is 9.78 Å². The number of para-hydroxylation sites is 1. The zero-order valence-corrected chi connectivity index (χ0v) is 13.9. The molecular formula is C20H20N2O2. The van der Waals surface area contributed by atoms with E-state index < -0.39 is 0 Å². The molecule has 0 aliphatic carbocycles. The Morgan fingerprint density at radius 2 is 1.83 bits per heavy atom. The van der Waals surface area contributed by atoms with Gasteiger partial charge in [0.2, 0.25) is 0 Å². The van der Waals surface area contributed by atoms with Gasteiger partial charge >= 0.3 is 0 Å². The highest BCUT2D eigenvalue weighted by Gasteiger charge is 2.17.